The normalized spacial score (nSPS) is 12.0. The molecule has 0 aliphatic heterocycles. The predicted octanol–water partition coefficient (Wildman–Crippen LogP) is 4.55. The number of nitrogens with zero attached hydrogens (tertiary/aromatic N) is 2. The first-order valence-corrected chi connectivity index (χ1v) is 10.6. The van der Waals surface area contributed by atoms with Gasteiger partial charge in [0, 0.05) is 17.3 Å². The zero-order valence-electron chi connectivity index (χ0n) is 18.2. The van der Waals surface area contributed by atoms with Gasteiger partial charge in [-0.1, -0.05) is 24.9 Å². The highest BCUT2D eigenvalue weighted by Crippen LogP contribution is 2.36. The molecule has 1 heterocycles. The molecule has 0 unspecified atom stereocenters. The van der Waals surface area contributed by atoms with Gasteiger partial charge in [0.05, 0.1) is 12.2 Å². The minimum atomic E-state index is -4.90. The van der Waals surface area contributed by atoms with Gasteiger partial charge in [0.25, 0.3) is 0 Å². The molecule has 0 radical (unpaired) electrons. The summed E-state index contributed by atoms with van der Waals surface area (Å²) in [4.78, 5) is 19.1. The molecule has 180 valence electrons. The first kappa shape index (κ1) is 26.4. The molecular weight excluding hydrogens is 463 g/mol. The topological polar surface area (TPSA) is 93.0 Å². The number of alkyl halides is 3. The Hall–Kier alpha value is -2.85. The van der Waals surface area contributed by atoms with Crippen LogP contribution in [-0.4, -0.2) is 54.9 Å². The van der Waals surface area contributed by atoms with Gasteiger partial charge in [-0.05, 0) is 50.7 Å². The number of aromatic nitrogens is 1. The highest BCUT2D eigenvalue weighted by atomic mass is 35.5. The maximum atomic E-state index is 13.7. The van der Waals surface area contributed by atoms with Crippen molar-refractivity contribution in [2.45, 2.75) is 32.4 Å². The van der Waals surface area contributed by atoms with Crippen molar-refractivity contribution in [3.05, 3.63) is 52.3 Å². The molecule has 2 N–H and O–H groups in total. The number of aromatic hydroxyl groups is 1. The number of nitrogens with one attached hydrogen (secondary N) is 1. The molecule has 0 amide bonds. The van der Waals surface area contributed by atoms with Gasteiger partial charge >= 0.3 is 12.1 Å². The number of phenolic OH excluding ortho intramolecular Hbond substituents is 1. The van der Waals surface area contributed by atoms with Crippen LogP contribution < -0.4 is 10.1 Å². The number of esters is 1. The van der Waals surface area contributed by atoms with E-state index in [4.69, 9.17) is 21.1 Å². The molecule has 0 bridgehead atoms. The molecule has 0 atom stereocenters. The lowest BCUT2D eigenvalue weighted by Gasteiger charge is -2.18. The molecule has 1 aromatic heterocycles. The number of aliphatic imine (C=N–C) groups is 1. The average Bonchev–Trinajstić information content (AvgIpc) is 2.76. The van der Waals surface area contributed by atoms with Gasteiger partial charge in [0.1, 0.15) is 16.7 Å². The van der Waals surface area contributed by atoms with E-state index < -0.39 is 35.9 Å². The number of hydrogen-bond acceptors (Lipinski definition) is 7. The Labute approximate surface area is 194 Å². The second-order valence-corrected chi connectivity index (χ2v) is 7.32. The van der Waals surface area contributed by atoms with E-state index in [2.05, 4.69) is 15.3 Å². The number of rotatable bonds is 11. The van der Waals surface area contributed by atoms with E-state index in [0.717, 1.165) is 12.3 Å². The lowest BCUT2D eigenvalue weighted by atomic mass is 10.00. The standard InChI is InChI=1S/C22H25ClF3N3O4/c1-3-5-15-17(32-11-4-10-27-2)8-7-16(19(15)30)20(22(24,25)26)29-13-33-21(31)14-6-9-18(23)28-12-14/h6-9,12,27,30H,3-5,10-11,13H2,1-2H3/b29-20-. The Morgan fingerprint density at radius 2 is 2.03 bits per heavy atom. The maximum absolute atomic E-state index is 13.7. The SMILES string of the molecule is CCCc1c(OCCCNC)ccc(/C(=N/COC(=O)c2ccc(Cl)nc2)C(F)(F)F)c1O. The molecule has 0 fully saturated rings. The van der Waals surface area contributed by atoms with Gasteiger partial charge in [-0.3, -0.25) is 0 Å². The Kier molecular flexibility index (Phi) is 9.93. The highest BCUT2D eigenvalue weighted by Gasteiger charge is 2.39. The third-order valence-electron chi connectivity index (χ3n) is 4.47. The van der Waals surface area contributed by atoms with Crippen molar-refractivity contribution in [3.63, 3.8) is 0 Å². The first-order chi connectivity index (χ1) is 15.7. The molecule has 11 heteroatoms. The monoisotopic (exact) mass is 487 g/mol. The number of benzene rings is 1. The minimum Gasteiger partial charge on any atom is -0.507 e. The molecular formula is C22H25ClF3N3O4. The number of phenols is 1. The molecule has 0 saturated carbocycles. The molecule has 0 spiro atoms. The summed E-state index contributed by atoms with van der Waals surface area (Å²) in [6.07, 6.45) is -2.18. The summed E-state index contributed by atoms with van der Waals surface area (Å²) < 4.78 is 51.7. The van der Waals surface area contributed by atoms with Crippen molar-refractivity contribution in [2.24, 2.45) is 4.99 Å². The molecule has 2 rings (SSSR count). The molecule has 0 aliphatic carbocycles. The number of hydrogen-bond donors (Lipinski definition) is 2. The van der Waals surface area contributed by atoms with Gasteiger partial charge in [-0.2, -0.15) is 13.2 Å². The molecule has 2 aromatic rings. The summed E-state index contributed by atoms with van der Waals surface area (Å²) in [5.74, 6) is -1.16. The zero-order chi connectivity index (χ0) is 24.4. The number of halogens is 4. The Balaban J connectivity index is 2.27. The van der Waals surface area contributed by atoms with E-state index in [-0.39, 0.29) is 16.3 Å². The zero-order valence-corrected chi connectivity index (χ0v) is 19.0. The predicted molar refractivity (Wildman–Crippen MR) is 118 cm³/mol. The van der Waals surface area contributed by atoms with Crippen molar-refractivity contribution in [2.75, 3.05) is 26.9 Å². The summed E-state index contributed by atoms with van der Waals surface area (Å²) in [7, 11) is 1.80. The van der Waals surface area contributed by atoms with Crippen molar-refractivity contribution in [1.29, 1.82) is 0 Å². The van der Waals surface area contributed by atoms with Gasteiger partial charge in [-0.25, -0.2) is 14.8 Å². The number of carbonyl (C=O) groups is 1. The first-order valence-electron chi connectivity index (χ1n) is 10.2. The Bertz CT molecular complexity index is 967. The van der Waals surface area contributed by atoms with Crippen LogP contribution >= 0.6 is 11.6 Å². The molecule has 0 saturated heterocycles. The number of pyridine rings is 1. The van der Waals surface area contributed by atoms with Crippen LogP contribution in [0.2, 0.25) is 5.15 Å². The summed E-state index contributed by atoms with van der Waals surface area (Å²) in [6, 6.07) is 5.15. The van der Waals surface area contributed by atoms with E-state index in [1.54, 1.807) is 7.05 Å². The van der Waals surface area contributed by atoms with Crippen molar-refractivity contribution >= 4 is 23.3 Å². The second-order valence-electron chi connectivity index (χ2n) is 6.93. The largest absolute Gasteiger partial charge is 0.507 e. The van der Waals surface area contributed by atoms with Gasteiger partial charge in [0.2, 0.25) is 0 Å². The second kappa shape index (κ2) is 12.4. The van der Waals surface area contributed by atoms with Gasteiger partial charge in [0.15, 0.2) is 12.4 Å². The minimum absolute atomic E-state index is 0.0102. The van der Waals surface area contributed by atoms with E-state index in [9.17, 15) is 23.1 Å². The van der Waals surface area contributed by atoms with Gasteiger partial charge < -0.3 is 19.9 Å². The highest BCUT2D eigenvalue weighted by molar-refractivity contribution is 6.29. The summed E-state index contributed by atoms with van der Waals surface area (Å²) in [6.45, 7) is 1.98. The van der Waals surface area contributed by atoms with Crippen molar-refractivity contribution in [3.8, 4) is 11.5 Å². The van der Waals surface area contributed by atoms with E-state index in [0.29, 0.717) is 38.2 Å². The van der Waals surface area contributed by atoms with Crippen molar-refractivity contribution in [1.82, 2.24) is 10.3 Å². The molecule has 33 heavy (non-hydrogen) atoms. The fraction of sp³-hybridized carbons (Fsp3) is 0.409. The van der Waals surface area contributed by atoms with Crippen LogP contribution in [0.4, 0.5) is 13.2 Å². The lowest BCUT2D eigenvalue weighted by molar-refractivity contribution is -0.0588. The van der Waals surface area contributed by atoms with Gasteiger partial charge in [-0.15, -0.1) is 0 Å². The van der Waals surface area contributed by atoms with Crippen LogP contribution in [-0.2, 0) is 11.2 Å². The van der Waals surface area contributed by atoms with E-state index in [1.165, 1.54) is 18.2 Å². The van der Waals surface area contributed by atoms with E-state index >= 15 is 0 Å². The smallest absolute Gasteiger partial charge is 0.433 e. The summed E-state index contributed by atoms with van der Waals surface area (Å²) in [5.41, 5.74) is -1.60. The Morgan fingerprint density at radius 1 is 1.27 bits per heavy atom. The number of ether oxygens (including phenoxy) is 2. The van der Waals surface area contributed by atoms with Crippen LogP contribution in [0, 0.1) is 0 Å². The third-order valence-corrected chi connectivity index (χ3v) is 4.70. The van der Waals surface area contributed by atoms with Crippen LogP contribution in [0.3, 0.4) is 0 Å². The quantitative estimate of drug-likeness (QED) is 0.209. The molecule has 7 nitrogen and oxygen atoms in total. The maximum Gasteiger partial charge on any atom is 0.433 e. The Morgan fingerprint density at radius 3 is 2.64 bits per heavy atom. The van der Waals surface area contributed by atoms with Crippen LogP contribution in [0.1, 0.15) is 41.3 Å². The summed E-state index contributed by atoms with van der Waals surface area (Å²) in [5, 5.41) is 13.8. The lowest BCUT2D eigenvalue weighted by Crippen LogP contribution is -2.25. The summed E-state index contributed by atoms with van der Waals surface area (Å²) >= 11 is 5.64. The van der Waals surface area contributed by atoms with E-state index in [1.807, 2.05) is 6.92 Å². The van der Waals surface area contributed by atoms with Crippen molar-refractivity contribution < 1.29 is 32.5 Å². The van der Waals surface area contributed by atoms with Crippen LogP contribution in [0.15, 0.2) is 35.5 Å². The fourth-order valence-electron chi connectivity index (χ4n) is 2.93. The molecule has 1 aromatic carbocycles. The third kappa shape index (κ3) is 7.61. The average molecular weight is 488 g/mol. The fourth-order valence-corrected chi connectivity index (χ4v) is 3.04. The number of carbonyl (C=O) groups excluding carboxylic acids is 1. The van der Waals surface area contributed by atoms with Crippen LogP contribution in [0.25, 0.3) is 0 Å². The molecule has 0 aliphatic rings. The van der Waals surface area contributed by atoms with Crippen LogP contribution in [0.5, 0.6) is 11.5 Å².